The summed E-state index contributed by atoms with van der Waals surface area (Å²) in [5.41, 5.74) is 0.778. The quantitative estimate of drug-likeness (QED) is 0.485. The maximum atomic E-state index is 6.06. The van der Waals surface area contributed by atoms with Gasteiger partial charge in [0.1, 0.15) is 0 Å². The molecule has 0 aromatic carbocycles. The first-order chi connectivity index (χ1) is 12.1. The summed E-state index contributed by atoms with van der Waals surface area (Å²) in [5.74, 6) is 1.33. The molecule has 0 fully saturated rings. The molecule has 27 heavy (non-hydrogen) atoms. The van der Waals surface area contributed by atoms with Gasteiger partial charge in [-0.1, -0.05) is 53.7 Å². The predicted octanol–water partition coefficient (Wildman–Crippen LogP) is 6.20. The molecule has 158 valence electrons. The maximum Gasteiger partial charge on any atom is 0.0883 e. The van der Waals surface area contributed by atoms with Crippen molar-refractivity contribution in [3.8, 4) is 0 Å². The highest BCUT2D eigenvalue weighted by Crippen LogP contribution is 2.43. The van der Waals surface area contributed by atoms with Gasteiger partial charge in [0.15, 0.2) is 0 Å². The Bertz CT molecular complexity index is 597. The third-order valence-corrected chi connectivity index (χ3v) is 6.79. The first-order valence-corrected chi connectivity index (χ1v) is 10.6. The number of ether oxygens (including phenoxy) is 1. The number of hydrogen-bond donors (Lipinski definition) is 0. The number of rotatable bonds is 10. The fourth-order valence-electron chi connectivity index (χ4n) is 3.95. The average molecular weight is 380 g/mol. The van der Waals surface area contributed by atoms with Crippen LogP contribution in [0.15, 0.2) is 6.20 Å². The van der Waals surface area contributed by atoms with Gasteiger partial charge in [-0.15, -0.1) is 5.10 Å². The fraction of sp³-hybridized carbons (Fsp3) is 0.913. The molecule has 0 radical (unpaired) electrons. The van der Waals surface area contributed by atoms with Gasteiger partial charge in [0, 0.05) is 18.2 Å². The lowest BCUT2D eigenvalue weighted by Gasteiger charge is -2.45. The summed E-state index contributed by atoms with van der Waals surface area (Å²) in [6.07, 6.45) is 4.24. The van der Waals surface area contributed by atoms with Crippen molar-refractivity contribution < 1.29 is 4.74 Å². The summed E-state index contributed by atoms with van der Waals surface area (Å²) in [5, 5.41) is 9.12. The second-order valence-electron chi connectivity index (χ2n) is 11.2. The van der Waals surface area contributed by atoms with E-state index in [2.05, 4.69) is 104 Å². The van der Waals surface area contributed by atoms with Crippen LogP contribution >= 0.6 is 0 Å². The lowest BCUT2D eigenvalue weighted by Crippen LogP contribution is -2.46. The monoisotopic (exact) mass is 379 g/mol. The van der Waals surface area contributed by atoms with Crippen molar-refractivity contribution in [1.82, 2.24) is 15.0 Å². The van der Waals surface area contributed by atoms with Crippen LogP contribution in [0.4, 0.5) is 0 Å². The number of hydrogen-bond acceptors (Lipinski definition) is 3. The van der Waals surface area contributed by atoms with Gasteiger partial charge >= 0.3 is 0 Å². The van der Waals surface area contributed by atoms with Crippen LogP contribution in [0, 0.1) is 17.3 Å². The van der Waals surface area contributed by atoms with Crippen LogP contribution in [0.25, 0.3) is 0 Å². The van der Waals surface area contributed by atoms with E-state index in [0.717, 1.165) is 25.1 Å². The molecule has 0 bridgehead atoms. The third-order valence-electron chi connectivity index (χ3n) is 6.79. The summed E-state index contributed by atoms with van der Waals surface area (Å²) >= 11 is 0. The van der Waals surface area contributed by atoms with Gasteiger partial charge in [0.2, 0.25) is 0 Å². The predicted molar refractivity (Wildman–Crippen MR) is 115 cm³/mol. The summed E-state index contributed by atoms with van der Waals surface area (Å²) in [4.78, 5) is 0. The van der Waals surface area contributed by atoms with E-state index in [9.17, 15) is 0 Å². The lowest BCUT2D eigenvalue weighted by molar-refractivity contribution is -0.107. The maximum absolute atomic E-state index is 6.06. The Balaban J connectivity index is 3.04. The zero-order valence-electron chi connectivity index (χ0n) is 20.1. The molecule has 0 aliphatic carbocycles. The summed E-state index contributed by atoms with van der Waals surface area (Å²) in [6, 6.07) is 0. The Morgan fingerprint density at radius 2 is 1.56 bits per heavy atom. The van der Waals surface area contributed by atoms with Crippen LogP contribution in [0.1, 0.15) is 102 Å². The van der Waals surface area contributed by atoms with Gasteiger partial charge in [-0.05, 0) is 64.7 Å². The van der Waals surface area contributed by atoms with Crippen LogP contribution in [-0.4, -0.2) is 27.2 Å². The minimum Gasteiger partial charge on any atom is -0.375 e. The molecule has 4 heteroatoms. The van der Waals surface area contributed by atoms with Gasteiger partial charge in [-0.2, -0.15) is 0 Å². The van der Waals surface area contributed by atoms with E-state index >= 15 is 0 Å². The molecule has 1 atom stereocenters. The normalized spacial score (nSPS) is 15.4. The fourth-order valence-corrected chi connectivity index (χ4v) is 3.95. The SMILES string of the molecule is CCOC(C)(C)C(C)(C)CC(C)(C)n1cc(C(C)(C)CC(C)C(C)C)nn1. The smallest absolute Gasteiger partial charge is 0.0883 e. The molecular weight excluding hydrogens is 334 g/mol. The molecule has 0 amide bonds. The first kappa shape index (κ1) is 24.1. The largest absolute Gasteiger partial charge is 0.375 e. The highest BCUT2D eigenvalue weighted by Gasteiger charge is 2.43. The van der Waals surface area contributed by atoms with E-state index in [1.54, 1.807) is 0 Å². The van der Waals surface area contributed by atoms with Crippen LogP contribution in [0.5, 0.6) is 0 Å². The Hall–Kier alpha value is -0.900. The van der Waals surface area contributed by atoms with Crippen molar-refractivity contribution in [3.63, 3.8) is 0 Å². The van der Waals surface area contributed by atoms with Crippen molar-refractivity contribution in [2.75, 3.05) is 6.61 Å². The van der Waals surface area contributed by atoms with Crippen molar-refractivity contribution in [2.45, 2.75) is 112 Å². The summed E-state index contributed by atoms with van der Waals surface area (Å²) < 4.78 is 8.12. The van der Waals surface area contributed by atoms with Crippen molar-refractivity contribution in [2.24, 2.45) is 17.3 Å². The average Bonchev–Trinajstić information content (AvgIpc) is 2.96. The van der Waals surface area contributed by atoms with E-state index in [4.69, 9.17) is 4.74 Å². The van der Waals surface area contributed by atoms with Crippen molar-refractivity contribution in [3.05, 3.63) is 11.9 Å². The Kier molecular flexibility index (Phi) is 7.35. The van der Waals surface area contributed by atoms with E-state index in [1.807, 2.05) is 0 Å². The Morgan fingerprint density at radius 1 is 1.00 bits per heavy atom. The van der Waals surface area contributed by atoms with Crippen LogP contribution in [0.3, 0.4) is 0 Å². The minimum absolute atomic E-state index is 0.000296. The second-order valence-corrected chi connectivity index (χ2v) is 11.2. The van der Waals surface area contributed by atoms with E-state index in [0.29, 0.717) is 11.8 Å². The Labute approximate surface area is 168 Å². The molecule has 1 rings (SSSR count). The first-order valence-electron chi connectivity index (χ1n) is 10.6. The van der Waals surface area contributed by atoms with Crippen molar-refractivity contribution >= 4 is 0 Å². The molecule has 4 nitrogen and oxygen atoms in total. The zero-order valence-corrected chi connectivity index (χ0v) is 20.1. The Morgan fingerprint density at radius 3 is 2.04 bits per heavy atom. The second kappa shape index (κ2) is 8.23. The van der Waals surface area contributed by atoms with Crippen LogP contribution < -0.4 is 0 Å². The molecule has 1 aromatic rings. The molecular formula is C23H45N3O. The highest BCUT2D eigenvalue weighted by molar-refractivity contribution is 5.10. The number of aromatic nitrogens is 3. The van der Waals surface area contributed by atoms with Gasteiger partial charge in [-0.25, -0.2) is 4.68 Å². The van der Waals surface area contributed by atoms with Gasteiger partial charge in [-0.3, -0.25) is 0 Å². The molecule has 0 saturated heterocycles. The molecule has 1 unspecified atom stereocenters. The van der Waals surface area contributed by atoms with Crippen LogP contribution in [-0.2, 0) is 15.7 Å². The molecule has 0 N–H and O–H groups in total. The molecule has 1 aromatic heterocycles. The summed E-state index contributed by atoms with van der Waals surface area (Å²) in [7, 11) is 0. The highest BCUT2D eigenvalue weighted by atomic mass is 16.5. The van der Waals surface area contributed by atoms with E-state index < -0.39 is 0 Å². The number of nitrogens with zero attached hydrogens (tertiary/aromatic N) is 3. The lowest BCUT2D eigenvalue weighted by atomic mass is 9.69. The summed E-state index contributed by atoms with van der Waals surface area (Å²) in [6.45, 7) is 27.7. The molecule has 0 aliphatic rings. The molecule has 0 spiro atoms. The standard InChI is InChI=1S/C23H45N3O/c1-13-27-23(11,12)21(7,8)16-22(9,10)26-15-19(24-25-26)20(5,6)14-18(4)17(2)3/h15,17-18H,13-14,16H2,1-12H3. The van der Waals surface area contributed by atoms with Crippen LogP contribution in [0.2, 0.25) is 0 Å². The minimum atomic E-state index is -0.200. The van der Waals surface area contributed by atoms with E-state index in [-0.39, 0.29) is 22.0 Å². The van der Waals surface area contributed by atoms with Crippen molar-refractivity contribution in [1.29, 1.82) is 0 Å². The molecule has 0 aliphatic heterocycles. The van der Waals surface area contributed by atoms with Gasteiger partial charge in [0.05, 0.1) is 16.8 Å². The van der Waals surface area contributed by atoms with Gasteiger partial charge in [0.25, 0.3) is 0 Å². The topological polar surface area (TPSA) is 39.9 Å². The molecule has 0 saturated carbocycles. The third kappa shape index (κ3) is 5.79. The zero-order chi connectivity index (χ0) is 21.3. The van der Waals surface area contributed by atoms with E-state index in [1.165, 1.54) is 0 Å². The van der Waals surface area contributed by atoms with Gasteiger partial charge < -0.3 is 4.74 Å². The molecule has 1 heterocycles.